The van der Waals surface area contributed by atoms with Crippen molar-refractivity contribution in [2.75, 3.05) is 0 Å². The standard InChI is InChI=1S/C18H17FO3/c1-11(2)21-14-5-3-4-12(8-14)18-10-16(20)15-9-13(19)6-7-17(15)22-18/h3-9,11,18H,10H2,1-2H3/t18-/m0/s1. The molecule has 0 saturated carbocycles. The van der Waals surface area contributed by atoms with Gasteiger partial charge in [-0.15, -0.1) is 0 Å². The van der Waals surface area contributed by atoms with Gasteiger partial charge in [0.25, 0.3) is 0 Å². The number of Topliss-reactive ketones (excluding diaryl/α,β-unsaturated/α-hetero) is 1. The van der Waals surface area contributed by atoms with Crippen LogP contribution in [0.3, 0.4) is 0 Å². The van der Waals surface area contributed by atoms with Crippen molar-refractivity contribution in [3.63, 3.8) is 0 Å². The molecule has 1 aliphatic rings. The third kappa shape index (κ3) is 2.96. The zero-order chi connectivity index (χ0) is 15.7. The van der Waals surface area contributed by atoms with E-state index in [-0.39, 0.29) is 24.4 Å². The van der Waals surface area contributed by atoms with E-state index in [0.717, 1.165) is 11.3 Å². The lowest BCUT2D eigenvalue weighted by atomic mass is 9.96. The Balaban J connectivity index is 1.88. The first-order chi connectivity index (χ1) is 10.5. The molecule has 0 unspecified atom stereocenters. The normalized spacial score (nSPS) is 17.1. The van der Waals surface area contributed by atoms with Gasteiger partial charge in [0.2, 0.25) is 0 Å². The highest BCUT2D eigenvalue weighted by molar-refractivity contribution is 6.00. The Labute approximate surface area is 128 Å². The molecule has 4 heteroatoms. The van der Waals surface area contributed by atoms with Gasteiger partial charge in [-0.3, -0.25) is 4.79 Å². The van der Waals surface area contributed by atoms with E-state index in [4.69, 9.17) is 9.47 Å². The molecule has 0 spiro atoms. The summed E-state index contributed by atoms with van der Waals surface area (Å²) in [7, 11) is 0. The van der Waals surface area contributed by atoms with Crippen LogP contribution < -0.4 is 9.47 Å². The maximum Gasteiger partial charge on any atom is 0.170 e. The van der Waals surface area contributed by atoms with Gasteiger partial charge in [0, 0.05) is 0 Å². The minimum Gasteiger partial charge on any atom is -0.491 e. The molecule has 1 heterocycles. The van der Waals surface area contributed by atoms with E-state index in [1.165, 1.54) is 18.2 Å². The van der Waals surface area contributed by atoms with Crippen LogP contribution in [0.1, 0.15) is 42.3 Å². The number of hydrogen-bond donors (Lipinski definition) is 0. The molecule has 3 rings (SSSR count). The quantitative estimate of drug-likeness (QED) is 0.847. The highest BCUT2D eigenvalue weighted by Gasteiger charge is 2.28. The highest BCUT2D eigenvalue weighted by atomic mass is 19.1. The summed E-state index contributed by atoms with van der Waals surface area (Å²) in [6, 6.07) is 11.6. The fourth-order valence-corrected chi connectivity index (χ4v) is 2.54. The van der Waals surface area contributed by atoms with E-state index in [2.05, 4.69) is 0 Å². The lowest BCUT2D eigenvalue weighted by Crippen LogP contribution is -2.20. The molecule has 2 aromatic rings. The summed E-state index contributed by atoms with van der Waals surface area (Å²) in [6.07, 6.45) is -0.101. The van der Waals surface area contributed by atoms with Crippen molar-refractivity contribution in [2.45, 2.75) is 32.5 Å². The van der Waals surface area contributed by atoms with Gasteiger partial charge in [0.05, 0.1) is 18.1 Å². The lowest BCUT2D eigenvalue weighted by molar-refractivity contribution is 0.0848. The van der Waals surface area contributed by atoms with Crippen LogP contribution in [-0.2, 0) is 0 Å². The molecule has 0 aromatic heterocycles. The molecule has 0 N–H and O–H groups in total. The second kappa shape index (κ2) is 5.79. The molecule has 0 bridgehead atoms. The van der Waals surface area contributed by atoms with Crippen LogP contribution in [0.15, 0.2) is 42.5 Å². The minimum absolute atomic E-state index is 0.0767. The van der Waals surface area contributed by atoms with E-state index in [1.54, 1.807) is 0 Å². The molecule has 2 aromatic carbocycles. The third-order valence-corrected chi connectivity index (χ3v) is 3.48. The van der Waals surface area contributed by atoms with Crippen molar-refractivity contribution in [3.05, 3.63) is 59.4 Å². The predicted molar refractivity (Wildman–Crippen MR) is 80.9 cm³/mol. The fraction of sp³-hybridized carbons (Fsp3) is 0.278. The average molecular weight is 300 g/mol. The molecule has 0 saturated heterocycles. The second-order valence-corrected chi connectivity index (χ2v) is 5.61. The van der Waals surface area contributed by atoms with Gasteiger partial charge in [-0.2, -0.15) is 0 Å². The molecular formula is C18H17FO3. The van der Waals surface area contributed by atoms with Crippen molar-refractivity contribution in [1.82, 2.24) is 0 Å². The number of carbonyl (C=O) groups excluding carboxylic acids is 1. The zero-order valence-electron chi connectivity index (χ0n) is 12.5. The number of ether oxygens (including phenoxy) is 2. The minimum atomic E-state index is -0.429. The molecule has 114 valence electrons. The Morgan fingerprint density at radius 1 is 1.23 bits per heavy atom. The van der Waals surface area contributed by atoms with Crippen molar-refractivity contribution >= 4 is 5.78 Å². The van der Waals surface area contributed by atoms with Gasteiger partial charge >= 0.3 is 0 Å². The Morgan fingerprint density at radius 3 is 2.82 bits per heavy atom. The Morgan fingerprint density at radius 2 is 2.05 bits per heavy atom. The van der Waals surface area contributed by atoms with Crippen LogP contribution in [0.5, 0.6) is 11.5 Å². The van der Waals surface area contributed by atoms with Gasteiger partial charge in [0.15, 0.2) is 5.78 Å². The number of ketones is 1. The molecular weight excluding hydrogens is 283 g/mol. The summed E-state index contributed by atoms with van der Waals surface area (Å²) in [5.74, 6) is 0.633. The lowest BCUT2D eigenvalue weighted by Gasteiger charge is -2.26. The largest absolute Gasteiger partial charge is 0.491 e. The summed E-state index contributed by atoms with van der Waals surface area (Å²) >= 11 is 0. The van der Waals surface area contributed by atoms with E-state index in [0.29, 0.717) is 11.3 Å². The topological polar surface area (TPSA) is 35.5 Å². The number of halogens is 1. The molecule has 3 nitrogen and oxygen atoms in total. The van der Waals surface area contributed by atoms with Crippen molar-refractivity contribution in [2.24, 2.45) is 0 Å². The monoisotopic (exact) mass is 300 g/mol. The maximum absolute atomic E-state index is 13.2. The maximum atomic E-state index is 13.2. The highest BCUT2D eigenvalue weighted by Crippen LogP contribution is 2.36. The first kappa shape index (κ1) is 14.6. The molecule has 0 aliphatic carbocycles. The molecule has 1 atom stereocenters. The number of rotatable bonds is 3. The molecule has 1 aliphatic heterocycles. The van der Waals surface area contributed by atoms with Gasteiger partial charge in [-0.05, 0) is 49.7 Å². The summed E-state index contributed by atoms with van der Waals surface area (Å²) < 4.78 is 24.8. The number of carbonyl (C=O) groups is 1. The van der Waals surface area contributed by atoms with Crippen molar-refractivity contribution in [1.29, 1.82) is 0 Å². The Hall–Kier alpha value is -2.36. The van der Waals surface area contributed by atoms with Gasteiger partial charge < -0.3 is 9.47 Å². The summed E-state index contributed by atoms with van der Waals surface area (Å²) in [4.78, 5) is 12.2. The van der Waals surface area contributed by atoms with Gasteiger partial charge in [-0.25, -0.2) is 4.39 Å². The Kier molecular flexibility index (Phi) is 3.84. The third-order valence-electron chi connectivity index (χ3n) is 3.48. The van der Waals surface area contributed by atoms with Crippen LogP contribution in [-0.4, -0.2) is 11.9 Å². The van der Waals surface area contributed by atoms with Crippen LogP contribution in [0.25, 0.3) is 0 Å². The van der Waals surface area contributed by atoms with E-state index in [9.17, 15) is 9.18 Å². The van der Waals surface area contributed by atoms with Crippen LogP contribution in [0.4, 0.5) is 4.39 Å². The second-order valence-electron chi connectivity index (χ2n) is 5.61. The zero-order valence-corrected chi connectivity index (χ0v) is 12.5. The van der Waals surface area contributed by atoms with Crippen LogP contribution in [0.2, 0.25) is 0 Å². The molecule has 0 fully saturated rings. The molecule has 0 amide bonds. The smallest absolute Gasteiger partial charge is 0.170 e. The van der Waals surface area contributed by atoms with Crippen molar-refractivity contribution < 1.29 is 18.7 Å². The van der Waals surface area contributed by atoms with E-state index < -0.39 is 5.82 Å². The molecule has 0 radical (unpaired) electrons. The Bertz CT molecular complexity index is 709. The van der Waals surface area contributed by atoms with Crippen molar-refractivity contribution in [3.8, 4) is 11.5 Å². The summed E-state index contributed by atoms with van der Waals surface area (Å²) in [5, 5.41) is 0. The number of hydrogen-bond acceptors (Lipinski definition) is 3. The predicted octanol–water partition coefficient (Wildman–Crippen LogP) is 4.32. The SMILES string of the molecule is CC(C)Oc1cccc([C@@H]2CC(=O)c3cc(F)ccc3O2)c1. The van der Waals surface area contributed by atoms with E-state index in [1.807, 2.05) is 38.1 Å². The average Bonchev–Trinajstić information content (AvgIpc) is 2.47. The number of fused-ring (bicyclic) bond motifs is 1. The first-order valence-electron chi connectivity index (χ1n) is 7.29. The van der Waals surface area contributed by atoms with Gasteiger partial charge in [-0.1, -0.05) is 12.1 Å². The molecule has 22 heavy (non-hydrogen) atoms. The fourth-order valence-electron chi connectivity index (χ4n) is 2.54. The van der Waals surface area contributed by atoms with Crippen LogP contribution in [0, 0.1) is 5.82 Å². The van der Waals surface area contributed by atoms with Crippen LogP contribution >= 0.6 is 0 Å². The van der Waals surface area contributed by atoms with E-state index >= 15 is 0 Å². The summed E-state index contributed by atoms with van der Waals surface area (Å²) in [6.45, 7) is 3.91. The number of benzene rings is 2. The van der Waals surface area contributed by atoms with Gasteiger partial charge in [0.1, 0.15) is 23.4 Å². The first-order valence-corrected chi connectivity index (χ1v) is 7.29. The summed E-state index contributed by atoms with van der Waals surface area (Å²) in [5.41, 5.74) is 1.19.